The summed E-state index contributed by atoms with van der Waals surface area (Å²) in [7, 11) is 0. The van der Waals surface area contributed by atoms with Gasteiger partial charge < -0.3 is 4.84 Å². The zero-order valence-corrected chi connectivity index (χ0v) is 12.4. The van der Waals surface area contributed by atoms with Crippen molar-refractivity contribution in [3.05, 3.63) is 70.7 Å². The van der Waals surface area contributed by atoms with Gasteiger partial charge in [-0.3, -0.25) is 0 Å². The van der Waals surface area contributed by atoms with Gasteiger partial charge in [-0.05, 0) is 29.8 Å². The summed E-state index contributed by atoms with van der Waals surface area (Å²) in [6.45, 7) is 0. The third-order valence-corrected chi connectivity index (χ3v) is 3.11. The average molecular weight is 342 g/mol. The molecule has 0 heterocycles. The van der Waals surface area contributed by atoms with Gasteiger partial charge in [0.05, 0.1) is 5.56 Å². The average Bonchev–Trinajstić information content (AvgIpc) is 2.51. The van der Waals surface area contributed by atoms with Crippen LogP contribution in [0.2, 0.25) is 5.02 Å². The Kier molecular flexibility index (Phi) is 5.39. The van der Waals surface area contributed by atoms with Crippen molar-refractivity contribution in [3.8, 4) is 0 Å². The van der Waals surface area contributed by atoms with Crippen LogP contribution in [-0.2, 0) is 11.3 Å². The summed E-state index contributed by atoms with van der Waals surface area (Å²) < 4.78 is 38.9. The van der Waals surface area contributed by atoms with Gasteiger partial charge in [-0.15, -0.1) is 0 Å². The molecule has 2 aromatic carbocycles. The maximum Gasteiger partial charge on any atom is 0.433 e. The summed E-state index contributed by atoms with van der Waals surface area (Å²) in [4.78, 5) is 16.1. The van der Waals surface area contributed by atoms with Crippen LogP contribution in [0.25, 0.3) is 0 Å². The van der Waals surface area contributed by atoms with Crippen LogP contribution < -0.4 is 0 Å². The second-order valence-electron chi connectivity index (χ2n) is 4.58. The van der Waals surface area contributed by atoms with Crippen molar-refractivity contribution in [2.45, 2.75) is 12.6 Å². The van der Waals surface area contributed by atoms with Crippen molar-refractivity contribution in [2.24, 2.45) is 5.16 Å². The molecule has 0 aliphatic rings. The Morgan fingerprint density at radius 2 is 1.65 bits per heavy atom. The monoisotopic (exact) mass is 341 g/mol. The van der Waals surface area contributed by atoms with Crippen LogP contribution in [0.1, 0.15) is 15.9 Å². The Morgan fingerprint density at radius 1 is 1.04 bits per heavy atom. The minimum absolute atomic E-state index is 0.0550. The lowest BCUT2D eigenvalue weighted by atomic mass is 10.1. The van der Waals surface area contributed by atoms with E-state index in [9.17, 15) is 18.0 Å². The highest BCUT2D eigenvalue weighted by Gasteiger charge is 2.36. The molecular weight excluding hydrogens is 331 g/mol. The predicted octanol–water partition coefficient (Wildman–Crippen LogP) is 4.66. The van der Waals surface area contributed by atoms with Gasteiger partial charge in [0.1, 0.15) is 0 Å². The highest BCUT2D eigenvalue weighted by Crippen LogP contribution is 2.21. The second kappa shape index (κ2) is 7.28. The lowest BCUT2D eigenvalue weighted by Gasteiger charge is -2.09. The van der Waals surface area contributed by atoms with Gasteiger partial charge in [-0.2, -0.15) is 13.2 Å². The molecule has 0 N–H and O–H groups in total. The van der Waals surface area contributed by atoms with Gasteiger partial charge in [-0.25, -0.2) is 4.79 Å². The lowest BCUT2D eigenvalue weighted by molar-refractivity contribution is -0.0626. The molecule has 0 aromatic heterocycles. The molecule has 0 radical (unpaired) electrons. The maximum atomic E-state index is 13.0. The lowest BCUT2D eigenvalue weighted by Crippen LogP contribution is -2.26. The smallest absolute Gasteiger partial charge is 0.313 e. The topological polar surface area (TPSA) is 38.7 Å². The molecule has 2 rings (SSSR count). The first-order chi connectivity index (χ1) is 10.9. The van der Waals surface area contributed by atoms with Crippen molar-refractivity contribution >= 4 is 23.3 Å². The molecule has 23 heavy (non-hydrogen) atoms. The molecule has 0 atom stereocenters. The Bertz CT molecular complexity index is 698. The van der Waals surface area contributed by atoms with Crippen LogP contribution in [-0.4, -0.2) is 17.9 Å². The molecule has 0 aliphatic heterocycles. The van der Waals surface area contributed by atoms with Crippen LogP contribution in [0.3, 0.4) is 0 Å². The van der Waals surface area contributed by atoms with E-state index in [1.165, 1.54) is 36.4 Å². The van der Waals surface area contributed by atoms with Gasteiger partial charge >= 0.3 is 12.1 Å². The number of carbonyl (C=O) groups excluding carboxylic acids is 1. The molecule has 0 bridgehead atoms. The summed E-state index contributed by atoms with van der Waals surface area (Å²) in [6, 6.07) is 13.5. The third kappa shape index (κ3) is 5.10. The number of halogens is 4. The number of hydrogen-bond donors (Lipinski definition) is 0. The Labute approximate surface area is 135 Å². The number of carbonyl (C=O) groups is 1. The van der Waals surface area contributed by atoms with Crippen LogP contribution in [0.4, 0.5) is 13.2 Å². The second-order valence-corrected chi connectivity index (χ2v) is 5.02. The summed E-state index contributed by atoms with van der Waals surface area (Å²) in [6.07, 6.45) is -5.19. The minimum atomic E-state index is -4.70. The highest BCUT2D eigenvalue weighted by atomic mass is 35.5. The molecule has 7 heteroatoms. The number of benzene rings is 2. The van der Waals surface area contributed by atoms with Crippen molar-refractivity contribution in [3.63, 3.8) is 0 Å². The van der Waals surface area contributed by atoms with Crippen molar-refractivity contribution in [2.75, 3.05) is 0 Å². The number of alkyl halides is 3. The van der Waals surface area contributed by atoms with Gasteiger partial charge in [0.25, 0.3) is 0 Å². The first-order valence-corrected chi connectivity index (χ1v) is 6.89. The molecule has 0 amide bonds. The Hall–Kier alpha value is -2.34. The van der Waals surface area contributed by atoms with E-state index in [1.807, 2.05) is 0 Å². The summed E-state index contributed by atoms with van der Waals surface area (Å²) in [5.41, 5.74) is -0.725. The van der Waals surface area contributed by atoms with E-state index in [2.05, 4.69) is 9.99 Å². The predicted molar refractivity (Wildman–Crippen MR) is 80.5 cm³/mol. The van der Waals surface area contributed by atoms with Gasteiger partial charge in [0.2, 0.25) is 0 Å². The normalized spacial score (nSPS) is 12.1. The molecule has 0 unspecified atom stereocenters. The molecule has 3 nitrogen and oxygen atoms in total. The Morgan fingerprint density at radius 3 is 2.22 bits per heavy atom. The van der Waals surface area contributed by atoms with Crippen LogP contribution in [0, 0.1) is 0 Å². The summed E-state index contributed by atoms with van der Waals surface area (Å²) in [5.74, 6) is -0.989. The van der Waals surface area contributed by atoms with E-state index < -0.39 is 24.3 Å². The van der Waals surface area contributed by atoms with E-state index in [0.29, 0.717) is 10.6 Å². The number of oxime groups is 1. The molecule has 2 aromatic rings. The minimum Gasteiger partial charge on any atom is -0.313 e. The van der Waals surface area contributed by atoms with Crippen molar-refractivity contribution in [1.82, 2.24) is 0 Å². The van der Waals surface area contributed by atoms with Gasteiger partial charge in [-0.1, -0.05) is 47.1 Å². The molecule has 0 saturated carbocycles. The van der Waals surface area contributed by atoms with Crippen LogP contribution in [0.15, 0.2) is 59.8 Å². The number of hydrogen-bond acceptors (Lipinski definition) is 3. The van der Waals surface area contributed by atoms with Crippen LogP contribution in [0.5, 0.6) is 0 Å². The zero-order valence-electron chi connectivity index (χ0n) is 11.7. The zero-order chi connectivity index (χ0) is 16.9. The molecule has 120 valence electrons. The highest BCUT2D eigenvalue weighted by molar-refractivity contribution is 6.30. The van der Waals surface area contributed by atoms with E-state index >= 15 is 0 Å². The largest absolute Gasteiger partial charge is 0.433 e. The first kappa shape index (κ1) is 17.0. The van der Waals surface area contributed by atoms with Crippen molar-refractivity contribution < 1.29 is 22.8 Å². The number of nitrogens with zero attached hydrogens (tertiary/aromatic N) is 1. The molecule has 0 fully saturated rings. The first-order valence-electron chi connectivity index (χ1n) is 6.51. The third-order valence-electron chi connectivity index (χ3n) is 2.86. The quantitative estimate of drug-likeness (QED) is 0.461. The standard InChI is InChI=1S/C16H11ClF3NO2/c17-13-8-6-12(7-9-13)15(22)23-21-14(16(18,19)20)10-11-4-2-1-3-5-11/h1-9H,10H2/b21-14-. The fourth-order valence-electron chi connectivity index (χ4n) is 1.71. The Balaban J connectivity index is 2.14. The molecule has 0 aliphatic carbocycles. The van der Waals surface area contributed by atoms with E-state index in [4.69, 9.17) is 11.6 Å². The fraction of sp³-hybridized carbons (Fsp3) is 0.125. The van der Waals surface area contributed by atoms with E-state index in [-0.39, 0.29) is 5.56 Å². The van der Waals surface area contributed by atoms with E-state index in [0.717, 1.165) is 0 Å². The molecule has 0 spiro atoms. The fourth-order valence-corrected chi connectivity index (χ4v) is 1.83. The van der Waals surface area contributed by atoms with Gasteiger partial charge in [0, 0.05) is 11.4 Å². The van der Waals surface area contributed by atoms with Crippen LogP contribution >= 0.6 is 11.6 Å². The van der Waals surface area contributed by atoms with Gasteiger partial charge in [0.15, 0.2) is 5.71 Å². The number of rotatable bonds is 4. The summed E-state index contributed by atoms with van der Waals surface area (Å²) in [5, 5.41) is 3.39. The SMILES string of the molecule is O=C(O/N=C(/Cc1ccccc1)C(F)(F)F)c1ccc(Cl)cc1. The molecular formula is C16H11ClF3NO2. The van der Waals surface area contributed by atoms with E-state index in [1.54, 1.807) is 18.2 Å². The maximum absolute atomic E-state index is 13.0. The molecule has 0 saturated heterocycles. The van der Waals surface area contributed by atoms with Crippen molar-refractivity contribution in [1.29, 1.82) is 0 Å². The summed E-state index contributed by atoms with van der Waals surface area (Å²) >= 11 is 5.67.